The van der Waals surface area contributed by atoms with E-state index in [9.17, 15) is 8.78 Å². The second-order valence-electron chi connectivity index (χ2n) is 4.13. The molecule has 2 aromatic rings. The Bertz CT molecular complexity index is 662. The van der Waals surface area contributed by atoms with Crippen molar-refractivity contribution in [2.75, 3.05) is 0 Å². The van der Waals surface area contributed by atoms with Crippen molar-refractivity contribution < 1.29 is 13.5 Å². The summed E-state index contributed by atoms with van der Waals surface area (Å²) < 4.78 is 32.4. The van der Waals surface area contributed by atoms with Gasteiger partial charge in [0.1, 0.15) is 29.8 Å². The van der Waals surface area contributed by atoms with Crippen molar-refractivity contribution >= 4 is 21.8 Å². The zero-order valence-electron chi connectivity index (χ0n) is 10.3. The SMILES string of the molecule is N=C(N)c1cc(F)cc(COc2ccc(Br)c(F)c2)c1. The van der Waals surface area contributed by atoms with Crippen LogP contribution in [0.3, 0.4) is 0 Å². The van der Waals surface area contributed by atoms with Gasteiger partial charge in [-0.15, -0.1) is 0 Å². The number of amidine groups is 1. The van der Waals surface area contributed by atoms with Gasteiger partial charge < -0.3 is 10.5 Å². The third kappa shape index (κ3) is 3.54. The third-order valence-corrected chi connectivity index (χ3v) is 3.21. The minimum Gasteiger partial charge on any atom is -0.489 e. The van der Waals surface area contributed by atoms with E-state index >= 15 is 0 Å². The molecule has 0 fully saturated rings. The van der Waals surface area contributed by atoms with Crippen molar-refractivity contribution in [3.05, 3.63) is 63.6 Å². The number of benzene rings is 2. The summed E-state index contributed by atoms with van der Waals surface area (Å²) in [5.41, 5.74) is 6.11. The van der Waals surface area contributed by atoms with Crippen LogP contribution in [0.2, 0.25) is 0 Å². The monoisotopic (exact) mass is 340 g/mol. The maximum absolute atomic E-state index is 13.4. The molecule has 104 valence electrons. The topological polar surface area (TPSA) is 59.1 Å². The standard InChI is InChI=1S/C14H11BrF2N2O/c15-12-2-1-11(6-13(12)17)20-7-8-3-9(14(18)19)5-10(16)4-8/h1-6H,7H2,(H3,18,19). The molecule has 0 aliphatic heterocycles. The van der Waals surface area contributed by atoms with Crippen LogP contribution in [0.5, 0.6) is 5.75 Å². The first-order valence-corrected chi connectivity index (χ1v) is 6.47. The summed E-state index contributed by atoms with van der Waals surface area (Å²) in [6.45, 7) is 0.0547. The lowest BCUT2D eigenvalue weighted by molar-refractivity contribution is 0.304. The van der Waals surface area contributed by atoms with Crippen LogP contribution in [-0.4, -0.2) is 5.84 Å². The molecule has 3 N–H and O–H groups in total. The lowest BCUT2D eigenvalue weighted by Gasteiger charge is -2.08. The van der Waals surface area contributed by atoms with Crippen LogP contribution in [0.4, 0.5) is 8.78 Å². The second-order valence-corrected chi connectivity index (χ2v) is 4.98. The number of hydrogen-bond acceptors (Lipinski definition) is 2. The second kappa shape index (κ2) is 6.00. The maximum atomic E-state index is 13.4. The molecule has 2 rings (SSSR count). The Kier molecular flexibility index (Phi) is 4.34. The molecule has 0 atom stereocenters. The molecule has 20 heavy (non-hydrogen) atoms. The van der Waals surface area contributed by atoms with Gasteiger partial charge in [-0.1, -0.05) is 0 Å². The maximum Gasteiger partial charge on any atom is 0.141 e. The number of ether oxygens (including phenoxy) is 1. The molecule has 0 saturated carbocycles. The Morgan fingerprint density at radius 1 is 1.20 bits per heavy atom. The number of halogens is 3. The van der Waals surface area contributed by atoms with Gasteiger partial charge in [0, 0.05) is 11.6 Å². The van der Waals surface area contributed by atoms with Gasteiger partial charge in [-0.25, -0.2) is 8.78 Å². The van der Waals surface area contributed by atoms with Crippen molar-refractivity contribution in [2.45, 2.75) is 6.61 Å². The molecule has 0 unspecified atom stereocenters. The molecule has 0 saturated heterocycles. The molecule has 3 nitrogen and oxygen atoms in total. The third-order valence-electron chi connectivity index (χ3n) is 2.57. The van der Waals surface area contributed by atoms with Crippen LogP contribution in [-0.2, 0) is 6.61 Å². The average molecular weight is 341 g/mol. The first kappa shape index (κ1) is 14.5. The molecule has 0 aliphatic rings. The number of nitrogens with one attached hydrogen (secondary N) is 1. The number of nitrogen functional groups attached to an aromatic ring is 1. The largest absolute Gasteiger partial charge is 0.489 e. The lowest BCUT2D eigenvalue weighted by Crippen LogP contribution is -2.12. The fourth-order valence-electron chi connectivity index (χ4n) is 1.62. The highest BCUT2D eigenvalue weighted by atomic mass is 79.9. The summed E-state index contributed by atoms with van der Waals surface area (Å²) in [4.78, 5) is 0. The zero-order chi connectivity index (χ0) is 14.7. The Morgan fingerprint density at radius 2 is 1.95 bits per heavy atom. The molecule has 0 aromatic heterocycles. The Balaban J connectivity index is 2.14. The van der Waals surface area contributed by atoms with Gasteiger partial charge in [0.25, 0.3) is 0 Å². The van der Waals surface area contributed by atoms with Crippen molar-refractivity contribution in [1.82, 2.24) is 0 Å². The van der Waals surface area contributed by atoms with E-state index in [-0.39, 0.29) is 18.0 Å². The summed E-state index contributed by atoms with van der Waals surface area (Å²) >= 11 is 3.04. The van der Waals surface area contributed by atoms with Crippen molar-refractivity contribution in [3.8, 4) is 5.75 Å². The Labute approximate surface area is 123 Å². The van der Waals surface area contributed by atoms with E-state index in [1.165, 1.54) is 24.3 Å². The van der Waals surface area contributed by atoms with E-state index < -0.39 is 11.6 Å². The predicted molar refractivity (Wildman–Crippen MR) is 75.8 cm³/mol. The molecule has 2 aromatic carbocycles. The number of nitrogens with two attached hydrogens (primary N) is 1. The van der Waals surface area contributed by atoms with Crippen molar-refractivity contribution in [2.24, 2.45) is 5.73 Å². The summed E-state index contributed by atoms with van der Waals surface area (Å²) in [5, 5.41) is 7.29. The van der Waals surface area contributed by atoms with Gasteiger partial charge in [0.2, 0.25) is 0 Å². The van der Waals surface area contributed by atoms with E-state index in [4.69, 9.17) is 15.9 Å². The molecule has 0 aliphatic carbocycles. The zero-order valence-corrected chi connectivity index (χ0v) is 11.9. The summed E-state index contributed by atoms with van der Waals surface area (Å²) in [7, 11) is 0. The van der Waals surface area contributed by atoms with Gasteiger partial charge in [0.15, 0.2) is 0 Å². The van der Waals surface area contributed by atoms with E-state index in [2.05, 4.69) is 15.9 Å². The lowest BCUT2D eigenvalue weighted by atomic mass is 10.1. The van der Waals surface area contributed by atoms with E-state index in [1.54, 1.807) is 12.1 Å². The normalized spacial score (nSPS) is 10.3. The van der Waals surface area contributed by atoms with Crippen LogP contribution in [0.15, 0.2) is 40.9 Å². The number of hydrogen-bond donors (Lipinski definition) is 2. The highest BCUT2D eigenvalue weighted by molar-refractivity contribution is 9.10. The van der Waals surface area contributed by atoms with E-state index in [0.29, 0.717) is 15.8 Å². The van der Waals surface area contributed by atoms with E-state index in [1.807, 2.05) is 0 Å². The number of rotatable bonds is 4. The molecule has 0 bridgehead atoms. The van der Waals surface area contributed by atoms with Crippen molar-refractivity contribution in [1.29, 1.82) is 5.41 Å². The highest BCUT2D eigenvalue weighted by Gasteiger charge is 2.05. The van der Waals surface area contributed by atoms with Crippen molar-refractivity contribution in [3.63, 3.8) is 0 Å². The molecule has 0 radical (unpaired) electrons. The highest BCUT2D eigenvalue weighted by Crippen LogP contribution is 2.22. The van der Waals surface area contributed by atoms with Crippen LogP contribution < -0.4 is 10.5 Å². The van der Waals surface area contributed by atoms with Crippen LogP contribution in [0.25, 0.3) is 0 Å². The van der Waals surface area contributed by atoms with Gasteiger partial charge in [-0.05, 0) is 51.8 Å². The fourth-order valence-corrected chi connectivity index (χ4v) is 1.87. The van der Waals surface area contributed by atoms with Gasteiger partial charge >= 0.3 is 0 Å². The Morgan fingerprint density at radius 3 is 2.60 bits per heavy atom. The van der Waals surface area contributed by atoms with Crippen LogP contribution >= 0.6 is 15.9 Å². The molecule has 6 heteroatoms. The molecular formula is C14H11BrF2N2O. The summed E-state index contributed by atoms with van der Waals surface area (Å²) in [5.74, 6) is -0.829. The quantitative estimate of drug-likeness (QED) is 0.660. The molecular weight excluding hydrogens is 330 g/mol. The fraction of sp³-hybridized carbons (Fsp3) is 0.0714. The predicted octanol–water partition coefficient (Wildman–Crippen LogP) is 3.59. The van der Waals surface area contributed by atoms with E-state index in [0.717, 1.165) is 0 Å². The van der Waals surface area contributed by atoms with Crippen LogP contribution in [0, 0.1) is 17.0 Å². The van der Waals surface area contributed by atoms with Gasteiger partial charge in [0.05, 0.1) is 4.47 Å². The summed E-state index contributed by atoms with van der Waals surface area (Å²) in [6, 6.07) is 8.36. The molecule has 0 spiro atoms. The smallest absolute Gasteiger partial charge is 0.141 e. The minimum absolute atomic E-state index is 0.0547. The Hall–Kier alpha value is -1.95. The first-order chi connectivity index (χ1) is 9.45. The van der Waals surface area contributed by atoms with Crippen LogP contribution in [0.1, 0.15) is 11.1 Å². The van der Waals surface area contributed by atoms with Gasteiger partial charge in [-0.3, -0.25) is 5.41 Å². The van der Waals surface area contributed by atoms with Gasteiger partial charge in [-0.2, -0.15) is 0 Å². The molecule has 0 amide bonds. The minimum atomic E-state index is -0.502. The first-order valence-electron chi connectivity index (χ1n) is 5.67. The molecule has 0 heterocycles. The summed E-state index contributed by atoms with van der Waals surface area (Å²) in [6.07, 6.45) is 0. The average Bonchev–Trinajstić information content (AvgIpc) is 2.39.